The SMILES string of the molecule is CCOC(=O)Nc1ccc(OC(C)C)cc1. The fourth-order valence-corrected chi connectivity index (χ4v) is 1.17. The van der Waals surface area contributed by atoms with Crippen LogP contribution in [-0.4, -0.2) is 18.8 Å². The van der Waals surface area contributed by atoms with Gasteiger partial charge in [-0.25, -0.2) is 4.79 Å². The molecule has 0 atom stereocenters. The molecule has 1 rings (SSSR count). The molecule has 0 aromatic heterocycles. The van der Waals surface area contributed by atoms with E-state index in [4.69, 9.17) is 9.47 Å². The average molecular weight is 223 g/mol. The van der Waals surface area contributed by atoms with Gasteiger partial charge in [0.25, 0.3) is 0 Å². The lowest BCUT2D eigenvalue weighted by molar-refractivity contribution is 0.168. The van der Waals surface area contributed by atoms with Gasteiger partial charge in [-0.3, -0.25) is 5.32 Å². The van der Waals surface area contributed by atoms with Crippen molar-refractivity contribution in [1.29, 1.82) is 0 Å². The predicted octanol–water partition coefficient (Wildman–Crippen LogP) is 3.04. The van der Waals surface area contributed by atoms with Crippen LogP contribution in [0.1, 0.15) is 20.8 Å². The smallest absolute Gasteiger partial charge is 0.411 e. The number of benzene rings is 1. The molecule has 88 valence electrons. The van der Waals surface area contributed by atoms with E-state index < -0.39 is 6.09 Å². The Morgan fingerprint density at radius 2 is 1.94 bits per heavy atom. The number of anilines is 1. The Morgan fingerprint density at radius 1 is 1.31 bits per heavy atom. The first-order chi connectivity index (χ1) is 7.61. The van der Waals surface area contributed by atoms with Crippen LogP contribution in [0.2, 0.25) is 0 Å². The van der Waals surface area contributed by atoms with E-state index in [0.717, 1.165) is 5.75 Å². The van der Waals surface area contributed by atoms with Gasteiger partial charge < -0.3 is 9.47 Å². The van der Waals surface area contributed by atoms with Crippen molar-refractivity contribution in [2.45, 2.75) is 26.9 Å². The van der Waals surface area contributed by atoms with Gasteiger partial charge in [-0.2, -0.15) is 0 Å². The highest BCUT2D eigenvalue weighted by molar-refractivity contribution is 5.84. The van der Waals surface area contributed by atoms with Crippen molar-refractivity contribution in [2.24, 2.45) is 0 Å². The Labute approximate surface area is 95.6 Å². The van der Waals surface area contributed by atoms with Crippen molar-refractivity contribution >= 4 is 11.8 Å². The molecule has 0 unspecified atom stereocenters. The predicted molar refractivity (Wildman–Crippen MR) is 62.9 cm³/mol. The number of carbonyl (C=O) groups is 1. The van der Waals surface area contributed by atoms with Gasteiger partial charge in [0, 0.05) is 5.69 Å². The van der Waals surface area contributed by atoms with Crippen LogP contribution < -0.4 is 10.1 Å². The molecule has 0 heterocycles. The van der Waals surface area contributed by atoms with Crippen LogP contribution in [0.4, 0.5) is 10.5 Å². The van der Waals surface area contributed by atoms with Gasteiger partial charge in [0.15, 0.2) is 0 Å². The third kappa shape index (κ3) is 4.21. The first-order valence-corrected chi connectivity index (χ1v) is 5.32. The maximum atomic E-state index is 11.1. The molecule has 0 spiro atoms. The second-order valence-corrected chi connectivity index (χ2v) is 3.54. The Bertz CT molecular complexity index is 333. The average Bonchev–Trinajstić information content (AvgIpc) is 2.20. The van der Waals surface area contributed by atoms with Crippen molar-refractivity contribution in [1.82, 2.24) is 0 Å². The van der Waals surface area contributed by atoms with Gasteiger partial charge in [0.2, 0.25) is 0 Å². The quantitative estimate of drug-likeness (QED) is 0.853. The molecule has 4 nitrogen and oxygen atoms in total. The van der Waals surface area contributed by atoms with E-state index in [1.165, 1.54) is 0 Å². The number of rotatable bonds is 4. The van der Waals surface area contributed by atoms with Gasteiger partial charge in [-0.05, 0) is 45.0 Å². The van der Waals surface area contributed by atoms with Crippen LogP contribution in [0.15, 0.2) is 24.3 Å². The zero-order valence-corrected chi connectivity index (χ0v) is 9.82. The lowest BCUT2D eigenvalue weighted by atomic mass is 10.3. The Kier molecular flexibility index (Phi) is 4.64. The molecule has 1 aromatic rings. The lowest BCUT2D eigenvalue weighted by Crippen LogP contribution is -2.13. The zero-order chi connectivity index (χ0) is 12.0. The number of carbonyl (C=O) groups excluding carboxylic acids is 1. The number of ether oxygens (including phenoxy) is 2. The molecule has 0 aliphatic heterocycles. The molecular formula is C12H17NO3. The number of hydrogen-bond donors (Lipinski definition) is 1. The molecule has 1 amide bonds. The number of hydrogen-bond acceptors (Lipinski definition) is 3. The Morgan fingerprint density at radius 3 is 2.44 bits per heavy atom. The van der Waals surface area contributed by atoms with Crippen LogP contribution in [0.3, 0.4) is 0 Å². The lowest BCUT2D eigenvalue weighted by Gasteiger charge is -2.10. The molecule has 0 aliphatic carbocycles. The van der Waals surface area contributed by atoms with Gasteiger partial charge in [0.1, 0.15) is 5.75 Å². The van der Waals surface area contributed by atoms with Crippen molar-refractivity contribution in [3.8, 4) is 5.75 Å². The fraction of sp³-hybridized carbons (Fsp3) is 0.417. The summed E-state index contributed by atoms with van der Waals surface area (Å²) in [5, 5.41) is 2.61. The standard InChI is InChI=1S/C12H17NO3/c1-4-15-12(14)13-10-5-7-11(8-6-10)16-9(2)3/h5-9H,4H2,1-3H3,(H,13,14). The Hall–Kier alpha value is -1.71. The van der Waals surface area contributed by atoms with E-state index >= 15 is 0 Å². The molecule has 0 aliphatic rings. The highest BCUT2D eigenvalue weighted by Gasteiger charge is 2.02. The van der Waals surface area contributed by atoms with Crippen molar-refractivity contribution in [3.05, 3.63) is 24.3 Å². The van der Waals surface area contributed by atoms with E-state index in [9.17, 15) is 4.79 Å². The first kappa shape index (κ1) is 12.4. The minimum absolute atomic E-state index is 0.142. The van der Waals surface area contributed by atoms with Crippen molar-refractivity contribution in [3.63, 3.8) is 0 Å². The molecule has 0 bridgehead atoms. The molecule has 16 heavy (non-hydrogen) atoms. The summed E-state index contributed by atoms with van der Waals surface area (Å²) < 4.78 is 10.2. The largest absolute Gasteiger partial charge is 0.491 e. The molecule has 0 saturated heterocycles. The van der Waals surface area contributed by atoms with Crippen LogP contribution >= 0.6 is 0 Å². The molecule has 0 fully saturated rings. The summed E-state index contributed by atoms with van der Waals surface area (Å²) in [5.41, 5.74) is 0.689. The summed E-state index contributed by atoms with van der Waals surface area (Å²) in [6, 6.07) is 7.16. The van der Waals surface area contributed by atoms with Crippen LogP contribution in [0.25, 0.3) is 0 Å². The fourth-order valence-electron chi connectivity index (χ4n) is 1.17. The van der Waals surface area contributed by atoms with Gasteiger partial charge in [0.05, 0.1) is 12.7 Å². The summed E-state index contributed by atoms with van der Waals surface area (Å²) in [6.45, 7) is 6.05. The molecule has 0 radical (unpaired) electrons. The minimum atomic E-state index is -0.444. The van der Waals surface area contributed by atoms with Crippen LogP contribution in [0, 0.1) is 0 Å². The third-order valence-electron chi connectivity index (χ3n) is 1.75. The van der Waals surface area contributed by atoms with E-state index in [0.29, 0.717) is 12.3 Å². The number of nitrogens with one attached hydrogen (secondary N) is 1. The topological polar surface area (TPSA) is 47.6 Å². The summed E-state index contributed by atoms with van der Waals surface area (Å²) in [6.07, 6.45) is -0.302. The minimum Gasteiger partial charge on any atom is -0.491 e. The molecule has 0 saturated carbocycles. The molecule has 4 heteroatoms. The van der Waals surface area contributed by atoms with Crippen LogP contribution in [-0.2, 0) is 4.74 Å². The normalized spacial score (nSPS) is 10.0. The maximum Gasteiger partial charge on any atom is 0.411 e. The molecular weight excluding hydrogens is 206 g/mol. The Balaban J connectivity index is 2.54. The van der Waals surface area contributed by atoms with Crippen molar-refractivity contribution < 1.29 is 14.3 Å². The summed E-state index contributed by atoms with van der Waals surface area (Å²) >= 11 is 0. The van der Waals surface area contributed by atoms with E-state index in [1.807, 2.05) is 26.0 Å². The third-order valence-corrected chi connectivity index (χ3v) is 1.75. The van der Waals surface area contributed by atoms with E-state index in [1.54, 1.807) is 19.1 Å². The second-order valence-electron chi connectivity index (χ2n) is 3.54. The van der Waals surface area contributed by atoms with E-state index in [-0.39, 0.29) is 6.10 Å². The summed E-state index contributed by atoms with van der Waals surface area (Å²) in [5.74, 6) is 0.782. The maximum absolute atomic E-state index is 11.1. The van der Waals surface area contributed by atoms with Gasteiger partial charge >= 0.3 is 6.09 Å². The molecule has 1 aromatic carbocycles. The van der Waals surface area contributed by atoms with Crippen LogP contribution in [0.5, 0.6) is 5.75 Å². The van der Waals surface area contributed by atoms with Crippen molar-refractivity contribution in [2.75, 3.05) is 11.9 Å². The van der Waals surface area contributed by atoms with E-state index in [2.05, 4.69) is 5.32 Å². The summed E-state index contributed by atoms with van der Waals surface area (Å²) in [7, 11) is 0. The monoisotopic (exact) mass is 223 g/mol. The number of amides is 1. The zero-order valence-electron chi connectivity index (χ0n) is 9.82. The van der Waals surface area contributed by atoms with Gasteiger partial charge in [-0.1, -0.05) is 0 Å². The summed E-state index contributed by atoms with van der Waals surface area (Å²) in [4.78, 5) is 11.1. The first-order valence-electron chi connectivity index (χ1n) is 5.32. The van der Waals surface area contributed by atoms with Gasteiger partial charge in [-0.15, -0.1) is 0 Å². The molecule has 1 N–H and O–H groups in total. The second kappa shape index (κ2) is 6.00. The highest BCUT2D eigenvalue weighted by Crippen LogP contribution is 2.16. The highest BCUT2D eigenvalue weighted by atomic mass is 16.5.